The van der Waals surface area contributed by atoms with Crippen molar-refractivity contribution in [1.82, 2.24) is 0 Å². The summed E-state index contributed by atoms with van der Waals surface area (Å²) in [6.07, 6.45) is -3.67. The monoisotopic (exact) mass is 340 g/mol. The second-order valence-corrected chi connectivity index (χ2v) is 0.565. The molecule has 0 amide bonds. The van der Waals surface area contributed by atoms with Gasteiger partial charge < -0.3 is 20.4 Å². The van der Waals surface area contributed by atoms with Gasteiger partial charge in [-0.05, 0) is 0 Å². The van der Waals surface area contributed by atoms with E-state index < -0.39 is 12.3 Å². The van der Waals surface area contributed by atoms with Crippen molar-refractivity contribution in [3.63, 3.8) is 0 Å². The molecule has 4 N–H and O–H groups in total. The first-order valence-electron chi connectivity index (χ1n) is 1.30. The van der Waals surface area contributed by atoms with Crippen LogP contribution in [0.1, 0.15) is 0 Å². The van der Waals surface area contributed by atoms with Crippen LogP contribution in [0.25, 0.3) is 0 Å². The molecule has 0 atom stereocenters. The number of carboxylic acid groups (broad SMARTS) is 4. The molecule has 0 aliphatic rings. The van der Waals surface area contributed by atoms with Crippen molar-refractivity contribution in [3.05, 3.63) is 0 Å². The molecule has 0 unspecified atom stereocenters. The van der Waals surface area contributed by atoms with E-state index in [1.165, 1.54) is 0 Å². The molecule has 0 rings (SSSR count). The van der Waals surface area contributed by atoms with E-state index in [4.69, 9.17) is 30.0 Å². The first-order chi connectivity index (χ1) is 3.46. The number of rotatable bonds is 0. The quantitative estimate of drug-likeness (QED) is 0.327. The van der Waals surface area contributed by atoms with E-state index in [-0.39, 0.29) is 266 Å². The molecule has 0 aromatic rings. The van der Waals surface area contributed by atoms with Crippen LogP contribution in [0.2, 0.25) is 0 Å². The van der Waals surface area contributed by atoms with Crippen molar-refractivity contribution >= 4 is 278 Å². The van der Waals surface area contributed by atoms with Crippen molar-refractivity contribution in [2.24, 2.45) is 0 Å². The molecule has 0 heterocycles. The molecule has 0 saturated heterocycles. The van der Waals surface area contributed by atoms with E-state index in [0.717, 1.165) is 0 Å². The van der Waals surface area contributed by atoms with Crippen molar-refractivity contribution in [2.45, 2.75) is 0 Å². The minimum absolute atomic E-state index is 0. The molecule has 0 saturated carbocycles. The number of carbonyl (C=O) groups is 2. The third-order valence-electron chi connectivity index (χ3n) is 0. The Morgan fingerprint density at radius 3 is 0.412 bits per heavy atom. The molecule has 0 aliphatic heterocycles. The van der Waals surface area contributed by atoms with Gasteiger partial charge in [-0.2, -0.15) is 0 Å². The molecule has 0 bridgehead atoms. The van der Waals surface area contributed by atoms with E-state index in [9.17, 15) is 0 Å². The van der Waals surface area contributed by atoms with Crippen LogP contribution >= 0.6 is 0 Å². The Balaban J connectivity index is -0.00000000308. The fourth-order valence-electron chi connectivity index (χ4n) is 0. The Morgan fingerprint density at radius 2 is 0.412 bits per heavy atom. The van der Waals surface area contributed by atoms with Crippen LogP contribution in [0, 0.1) is 0 Å². The second-order valence-electron chi connectivity index (χ2n) is 0.565. The molecular formula is C2H13Na9O6. The minimum atomic E-state index is -1.83. The molecule has 0 radical (unpaired) electrons. The average molecular weight is 340 g/mol. The predicted molar refractivity (Wildman–Crippen MR) is 85.6 cm³/mol. The van der Waals surface area contributed by atoms with Crippen molar-refractivity contribution in [1.29, 1.82) is 0 Å². The van der Waals surface area contributed by atoms with Crippen LogP contribution in [0.4, 0.5) is 9.59 Å². The fraction of sp³-hybridized carbons (Fsp3) is 0. The topological polar surface area (TPSA) is 115 Å². The molecule has 0 aliphatic carbocycles. The van der Waals surface area contributed by atoms with Crippen molar-refractivity contribution < 1.29 is 30.0 Å². The third kappa shape index (κ3) is 192. The molecule has 17 heavy (non-hydrogen) atoms. The van der Waals surface area contributed by atoms with Crippen LogP contribution in [-0.4, -0.2) is 299 Å². The zero-order valence-electron chi connectivity index (χ0n) is 3.61. The summed E-state index contributed by atoms with van der Waals surface area (Å²) in [6, 6.07) is 0. The maximum absolute atomic E-state index is 8.56. The van der Waals surface area contributed by atoms with Crippen LogP contribution in [0.5, 0.6) is 0 Å². The van der Waals surface area contributed by atoms with Crippen LogP contribution in [-0.2, 0) is 0 Å². The Hall–Kier alpha value is 7.54. The van der Waals surface area contributed by atoms with E-state index in [2.05, 4.69) is 0 Å². The third-order valence-corrected chi connectivity index (χ3v) is 0. The maximum atomic E-state index is 8.56. The van der Waals surface area contributed by atoms with Gasteiger partial charge in [-0.1, -0.05) is 0 Å². The van der Waals surface area contributed by atoms with Gasteiger partial charge >= 0.3 is 278 Å². The molecular weight excluding hydrogens is 327 g/mol. The normalized spacial score (nSPS) is 2.82. The van der Waals surface area contributed by atoms with E-state index in [1.54, 1.807) is 0 Å². The van der Waals surface area contributed by atoms with Gasteiger partial charge in [0.15, 0.2) is 0 Å². The molecule has 66 valence electrons. The first kappa shape index (κ1) is 74.2. The van der Waals surface area contributed by atoms with Gasteiger partial charge in [0.2, 0.25) is 0 Å². The van der Waals surface area contributed by atoms with Gasteiger partial charge in [0.1, 0.15) is 0 Å². The van der Waals surface area contributed by atoms with Gasteiger partial charge in [-0.3, -0.25) is 0 Å². The average Bonchev–Trinajstić information content (AvgIpc) is 1.25. The fourth-order valence-corrected chi connectivity index (χ4v) is 0. The van der Waals surface area contributed by atoms with Gasteiger partial charge in [-0.25, -0.2) is 9.59 Å². The Kier molecular flexibility index (Phi) is 285. The summed E-state index contributed by atoms with van der Waals surface area (Å²) in [5.74, 6) is 0. The molecule has 0 spiro atoms. The van der Waals surface area contributed by atoms with E-state index in [0.29, 0.717) is 0 Å². The van der Waals surface area contributed by atoms with Gasteiger partial charge in [0, 0.05) is 0 Å². The summed E-state index contributed by atoms with van der Waals surface area (Å²) >= 11 is 0. The van der Waals surface area contributed by atoms with Gasteiger partial charge in [0.05, 0.1) is 0 Å². The zero-order valence-corrected chi connectivity index (χ0v) is 3.61. The summed E-state index contributed by atoms with van der Waals surface area (Å²) in [4.78, 5) is 17.1. The summed E-state index contributed by atoms with van der Waals surface area (Å²) in [6.45, 7) is 0. The zero-order chi connectivity index (χ0) is 7.15. The summed E-state index contributed by atoms with van der Waals surface area (Å²) in [5, 5.41) is 27.9. The van der Waals surface area contributed by atoms with Crippen LogP contribution < -0.4 is 0 Å². The molecule has 6 nitrogen and oxygen atoms in total. The Labute approximate surface area is 299 Å². The molecule has 0 aromatic carbocycles. The first-order valence-corrected chi connectivity index (χ1v) is 1.30. The van der Waals surface area contributed by atoms with E-state index >= 15 is 0 Å². The number of hydrogen-bond donors (Lipinski definition) is 4. The van der Waals surface area contributed by atoms with Crippen LogP contribution in [0.3, 0.4) is 0 Å². The molecule has 15 heteroatoms. The predicted octanol–water partition coefficient (Wildman–Crippen LogP) is -5.39. The summed E-state index contributed by atoms with van der Waals surface area (Å²) in [5.41, 5.74) is 0. The second kappa shape index (κ2) is 65.2. The Bertz CT molecular complexity index is 81.5. The Morgan fingerprint density at radius 1 is 0.412 bits per heavy atom. The molecule has 0 aromatic heterocycles. The standard InChI is InChI=1S/2CH2O3.9Na.9H/c2*2-1(3)4;;;;;;;;;;;;;;;;;;/h2*(H2,2,3,4);;;;;;;;;;;;;;;;;;. The molecule has 0 fully saturated rings. The number of hydrogen-bond acceptors (Lipinski definition) is 2. The van der Waals surface area contributed by atoms with Crippen LogP contribution in [0.15, 0.2) is 0 Å². The van der Waals surface area contributed by atoms with Crippen molar-refractivity contribution in [3.8, 4) is 0 Å². The van der Waals surface area contributed by atoms with E-state index in [1.807, 2.05) is 0 Å². The van der Waals surface area contributed by atoms with Gasteiger partial charge in [0.25, 0.3) is 0 Å². The van der Waals surface area contributed by atoms with Gasteiger partial charge in [-0.15, -0.1) is 0 Å². The SMILES string of the molecule is O=C(O)O.O=C(O)O.[NaH].[NaH].[NaH].[NaH].[NaH].[NaH].[NaH].[NaH].[NaH]. The summed E-state index contributed by atoms with van der Waals surface area (Å²) in [7, 11) is 0. The summed E-state index contributed by atoms with van der Waals surface area (Å²) < 4.78 is 0. The van der Waals surface area contributed by atoms with Crippen molar-refractivity contribution in [2.75, 3.05) is 0 Å².